The monoisotopic (exact) mass is 466 g/mol. The van der Waals surface area contributed by atoms with Gasteiger partial charge in [0.05, 0.1) is 17.0 Å². The molecule has 1 atom stereocenters. The lowest BCUT2D eigenvalue weighted by atomic mass is 9.98. The minimum atomic E-state index is -3.54. The predicted molar refractivity (Wildman–Crippen MR) is 126 cm³/mol. The Bertz CT molecular complexity index is 1310. The summed E-state index contributed by atoms with van der Waals surface area (Å²) in [6.45, 7) is 0.638. The molecule has 1 saturated heterocycles. The summed E-state index contributed by atoms with van der Waals surface area (Å²) >= 11 is 1.20. The van der Waals surface area contributed by atoms with Crippen molar-refractivity contribution in [3.05, 3.63) is 66.0 Å². The molecule has 9 heteroatoms. The Hall–Kier alpha value is -3.01. The molecule has 1 aliphatic heterocycles. The smallest absolute Gasteiger partial charge is 0.252 e. The third kappa shape index (κ3) is 4.06. The van der Waals surface area contributed by atoms with Gasteiger partial charge in [-0.15, -0.1) is 11.3 Å². The predicted octanol–water partition coefficient (Wildman–Crippen LogP) is 4.33. The van der Waals surface area contributed by atoms with Gasteiger partial charge in [-0.2, -0.15) is 4.31 Å². The second-order valence-electron chi connectivity index (χ2n) is 7.80. The van der Waals surface area contributed by atoms with Crippen LogP contribution < -0.4 is 5.32 Å². The molecule has 0 aliphatic carbocycles. The van der Waals surface area contributed by atoms with Crippen LogP contribution in [0.4, 0.5) is 5.69 Å². The second kappa shape index (κ2) is 8.50. The Morgan fingerprint density at radius 2 is 1.91 bits per heavy atom. The van der Waals surface area contributed by atoms with Crippen molar-refractivity contribution in [2.75, 3.05) is 18.4 Å². The highest BCUT2D eigenvalue weighted by Gasteiger charge is 2.33. The molecule has 1 fully saturated rings. The zero-order chi connectivity index (χ0) is 22.1. The van der Waals surface area contributed by atoms with E-state index in [4.69, 9.17) is 0 Å². The molecule has 7 nitrogen and oxygen atoms in total. The first-order valence-corrected chi connectivity index (χ1v) is 12.7. The number of H-pyrrole nitrogens is 1. The number of nitrogens with zero attached hydrogens (tertiary/aromatic N) is 2. The first-order valence-electron chi connectivity index (χ1n) is 10.4. The fraction of sp³-hybridized carbons (Fsp3) is 0.217. The van der Waals surface area contributed by atoms with Crippen LogP contribution >= 0.6 is 11.3 Å². The van der Waals surface area contributed by atoms with Gasteiger partial charge in [0.25, 0.3) is 10.0 Å². The lowest BCUT2D eigenvalue weighted by Crippen LogP contribution is -2.43. The maximum Gasteiger partial charge on any atom is 0.252 e. The van der Waals surface area contributed by atoms with Crippen LogP contribution in [0, 0.1) is 5.92 Å². The Morgan fingerprint density at radius 1 is 1.09 bits per heavy atom. The van der Waals surface area contributed by atoms with Crippen molar-refractivity contribution in [3.63, 3.8) is 0 Å². The van der Waals surface area contributed by atoms with Crippen LogP contribution in [0.5, 0.6) is 0 Å². The van der Waals surface area contributed by atoms with Crippen molar-refractivity contribution in [1.29, 1.82) is 0 Å². The molecule has 32 heavy (non-hydrogen) atoms. The minimum absolute atomic E-state index is 0.160. The summed E-state index contributed by atoms with van der Waals surface area (Å²) in [5.41, 5.74) is 3.47. The molecule has 2 N–H and O–H groups in total. The summed E-state index contributed by atoms with van der Waals surface area (Å²) in [4.78, 5) is 20.7. The van der Waals surface area contributed by atoms with E-state index in [0.29, 0.717) is 29.3 Å². The molecule has 4 aromatic rings. The Balaban J connectivity index is 1.26. The maximum absolute atomic E-state index is 12.9. The number of nitrogens with one attached hydrogen (secondary N) is 2. The summed E-state index contributed by atoms with van der Waals surface area (Å²) in [5.74, 6) is 0.229. The van der Waals surface area contributed by atoms with Gasteiger partial charge in [0.1, 0.15) is 10.0 Å². The zero-order valence-electron chi connectivity index (χ0n) is 17.2. The van der Waals surface area contributed by atoms with Crippen LogP contribution in [0.15, 0.2) is 70.3 Å². The number of carbonyl (C=O) groups is 1. The second-order valence-corrected chi connectivity index (χ2v) is 10.9. The van der Waals surface area contributed by atoms with Crippen molar-refractivity contribution < 1.29 is 13.2 Å². The first-order chi connectivity index (χ1) is 15.5. The molecular weight excluding hydrogens is 444 g/mol. The molecule has 0 saturated carbocycles. The Morgan fingerprint density at radius 3 is 2.66 bits per heavy atom. The van der Waals surface area contributed by atoms with E-state index in [1.807, 2.05) is 48.5 Å². The maximum atomic E-state index is 12.9. The van der Waals surface area contributed by atoms with E-state index in [0.717, 1.165) is 22.4 Å². The number of rotatable bonds is 5. The number of benzene rings is 2. The molecule has 1 unspecified atom stereocenters. The van der Waals surface area contributed by atoms with Gasteiger partial charge in [-0.3, -0.25) is 4.79 Å². The van der Waals surface area contributed by atoms with E-state index < -0.39 is 10.0 Å². The van der Waals surface area contributed by atoms with E-state index in [9.17, 15) is 13.2 Å². The van der Waals surface area contributed by atoms with Gasteiger partial charge in [-0.05, 0) is 60.7 Å². The highest BCUT2D eigenvalue weighted by Crippen LogP contribution is 2.27. The molecule has 5 rings (SSSR count). The third-order valence-electron chi connectivity index (χ3n) is 5.66. The highest BCUT2D eigenvalue weighted by molar-refractivity contribution is 7.91. The average molecular weight is 467 g/mol. The topological polar surface area (TPSA) is 95.2 Å². The van der Waals surface area contributed by atoms with Gasteiger partial charge in [0.15, 0.2) is 0 Å². The number of hydrogen-bond acceptors (Lipinski definition) is 5. The lowest BCUT2D eigenvalue weighted by Gasteiger charge is -2.30. The van der Waals surface area contributed by atoms with Crippen LogP contribution in [0.25, 0.3) is 22.4 Å². The van der Waals surface area contributed by atoms with E-state index >= 15 is 0 Å². The van der Waals surface area contributed by atoms with Crippen LogP contribution in [-0.4, -0.2) is 41.7 Å². The Labute approximate surface area is 190 Å². The van der Waals surface area contributed by atoms with Crippen molar-refractivity contribution in [2.24, 2.45) is 5.92 Å². The van der Waals surface area contributed by atoms with Gasteiger partial charge >= 0.3 is 0 Å². The molecule has 0 spiro atoms. The van der Waals surface area contributed by atoms with Crippen molar-refractivity contribution >= 4 is 44.0 Å². The number of amides is 1. The van der Waals surface area contributed by atoms with Crippen LogP contribution in [0.1, 0.15) is 12.8 Å². The van der Waals surface area contributed by atoms with Gasteiger partial charge in [0.2, 0.25) is 5.91 Å². The van der Waals surface area contributed by atoms with Crippen molar-refractivity contribution in [1.82, 2.24) is 14.3 Å². The quantitative estimate of drug-likeness (QED) is 0.458. The molecule has 164 valence electrons. The van der Waals surface area contributed by atoms with E-state index in [1.54, 1.807) is 17.5 Å². The largest absolute Gasteiger partial charge is 0.338 e. The summed E-state index contributed by atoms with van der Waals surface area (Å²) in [6.07, 6.45) is 1.33. The molecule has 2 aromatic heterocycles. The summed E-state index contributed by atoms with van der Waals surface area (Å²) in [7, 11) is -3.54. The zero-order valence-corrected chi connectivity index (χ0v) is 18.8. The number of hydrogen-bond donors (Lipinski definition) is 2. The third-order valence-corrected chi connectivity index (χ3v) is 8.90. The van der Waals surface area contributed by atoms with Crippen LogP contribution in [-0.2, 0) is 14.8 Å². The number of piperidine rings is 1. The molecule has 2 aromatic carbocycles. The summed E-state index contributed by atoms with van der Waals surface area (Å²) in [5, 5.41) is 4.68. The number of imidazole rings is 1. The van der Waals surface area contributed by atoms with Crippen molar-refractivity contribution in [3.8, 4) is 11.4 Å². The fourth-order valence-electron chi connectivity index (χ4n) is 3.96. The summed E-state index contributed by atoms with van der Waals surface area (Å²) in [6, 6.07) is 18.7. The highest BCUT2D eigenvalue weighted by atomic mass is 32.2. The molecule has 0 radical (unpaired) electrons. The van der Waals surface area contributed by atoms with E-state index in [-0.39, 0.29) is 18.4 Å². The van der Waals surface area contributed by atoms with Crippen LogP contribution in [0.3, 0.4) is 0 Å². The molecule has 1 aliphatic rings. The number of aromatic nitrogens is 2. The van der Waals surface area contributed by atoms with Gasteiger partial charge in [0, 0.05) is 24.3 Å². The van der Waals surface area contributed by atoms with Gasteiger partial charge in [-0.25, -0.2) is 13.4 Å². The minimum Gasteiger partial charge on any atom is -0.338 e. The number of sulfonamides is 1. The number of aromatic amines is 1. The fourth-order valence-corrected chi connectivity index (χ4v) is 6.63. The average Bonchev–Trinajstić information content (AvgIpc) is 3.50. The summed E-state index contributed by atoms with van der Waals surface area (Å²) < 4.78 is 27.4. The van der Waals surface area contributed by atoms with E-state index in [2.05, 4.69) is 15.3 Å². The standard InChI is InChI=1S/C23H22N4O3S2/c28-23(17-5-3-13-27(15-17)32(29,30)21-8-4-14-31-21)24-18-11-9-16(10-12-18)22-25-19-6-1-2-7-20(19)26-22/h1-2,4,6-12,14,17H,3,5,13,15H2,(H,24,28)(H,25,26). The van der Waals surface area contributed by atoms with Crippen molar-refractivity contribution in [2.45, 2.75) is 17.1 Å². The Kier molecular flexibility index (Phi) is 5.54. The number of thiophene rings is 1. The molecule has 1 amide bonds. The SMILES string of the molecule is O=C(Nc1ccc(-c2nc3ccccc3[nH]2)cc1)C1CCCN(S(=O)(=O)c2cccs2)C1. The number of anilines is 1. The number of para-hydroxylation sites is 2. The van der Waals surface area contributed by atoms with Crippen LogP contribution in [0.2, 0.25) is 0 Å². The molecule has 3 heterocycles. The van der Waals surface area contributed by atoms with Gasteiger partial charge < -0.3 is 10.3 Å². The normalized spacial score (nSPS) is 17.4. The molecule has 0 bridgehead atoms. The molecular formula is C23H22N4O3S2. The number of carbonyl (C=O) groups excluding carboxylic acids is 1. The lowest BCUT2D eigenvalue weighted by molar-refractivity contribution is -0.120. The van der Waals surface area contributed by atoms with E-state index in [1.165, 1.54) is 15.6 Å². The number of fused-ring (bicyclic) bond motifs is 1. The van der Waals surface area contributed by atoms with Gasteiger partial charge in [-0.1, -0.05) is 18.2 Å². The first kappa shape index (κ1) is 20.9.